The number of ether oxygens (including phenoxy) is 6. The molecule has 0 unspecified atom stereocenters. The van der Waals surface area contributed by atoms with Crippen molar-refractivity contribution in [1.82, 2.24) is 0 Å². The monoisotopic (exact) mass is 1860 g/mol. The molecule has 744 valence electrons. The molecule has 0 amide bonds. The lowest BCUT2D eigenvalue weighted by atomic mass is 9.99. The van der Waals surface area contributed by atoms with E-state index in [-0.39, 0.29) is 0 Å². The van der Waals surface area contributed by atoms with E-state index in [1.165, 1.54) is 347 Å². The molecule has 0 saturated carbocycles. The molecule has 0 saturated heterocycles. The molecule has 138 heavy (non-hydrogen) atoms. The highest BCUT2D eigenvalue weighted by Gasteiger charge is 2.09. The third-order valence-corrected chi connectivity index (χ3v) is 25.7. The first-order valence-corrected chi connectivity index (χ1v) is 56.1. The van der Waals surface area contributed by atoms with E-state index in [4.69, 9.17) is 28.4 Å². The molecular weight excluding hydrogens is 1680 g/mol. The summed E-state index contributed by atoms with van der Waals surface area (Å²) in [6.45, 7) is 17.9. The van der Waals surface area contributed by atoms with Gasteiger partial charge < -0.3 is 28.4 Å². The van der Waals surface area contributed by atoms with Gasteiger partial charge in [0, 0.05) is 33.4 Å². The quantitative estimate of drug-likeness (QED) is 0.0280. The van der Waals surface area contributed by atoms with Crippen LogP contribution in [0.2, 0.25) is 0 Å². The van der Waals surface area contributed by atoms with Gasteiger partial charge in [-0.25, -0.2) is 0 Å². The van der Waals surface area contributed by atoms with Gasteiger partial charge in [0.05, 0.1) is 56.4 Å². The number of hydrogen-bond acceptors (Lipinski definition) is 6. The van der Waals surface area contributed by atoms with E-state index in [1.807, 2.05) is 72.8 Å². The van der Waals surface area contributed by atoms with Crippen molar-refractivity contribution in [3.63, 3.8) is 0 Å². The highest BCUT2D eigenvalue weighted by molar-refractivity contribution is 5.76. The number of unbranched alkanes of at least 4 members (excludes halogenated alkanes) is 54. The summed E-state index contributed by atoms with van der Waals surface area (Å²) >= 11 is 0. The van der Waals surface area contributed by atoms with Gasteiger partial charge >= 0.3 is 0 Å². The summed E-state index contributed by atoms with van der Waals surface area (Å²) in [7, 11) is 0. The zero-order valence-corrected chi connectivity index (χ0v) is 87.4. The van der Waals surface area contributed by atoms with E-state index in [0.717, 1.165) is 123 Å². The van der Waals surface area contributed by atoms with E-state index in [0.29, 0.717) is 56.4 Å². The maximum Gasteiger partial charge on any atom is 0.119 e. The molecule has 0 aliphatic carbocycles. The number of benzene rings is 7. The van der Waals surface area contributed by atoms with Gasteiger partial charge in [0.2, 0.25) is 0 Å². The summed E-state index contributed by atoms with van der Waals surface area (Å²) in [5.74, 6) is 47.6. The molecule has 0 aliphatic rings. The fourth-order valence-corrected chi connectivity index (χ4v) is 17.1. The highest BCUT2D eigenvalue weighted by Crippen LogP contribution is 2.26. The summed E-state index contributed by atoms with van der Waals surface area (Å²) < 4.78 is 37.9. The van der Waals surface area contributed by atoms with Gasteiger partial charge in [-0.1, -0.05) is 459 Å². The largest absolute Gasteiger partial charge is 0.494 e. The Morgan fingerprint density at radius 2 is 0.275 bits per heavy atom. The Labute approximate surface area is 843 Å². The molecule has 0 spiro atoms. The predicted molar refractivity (Wildman–Crippen MR) is 594 cm³/mol. The van der Waals surface area contributed by atoms with E-state index in [9.17, 15) is 0 Å². The first-order chi connectivity index (χ1) is 68.3. The van der Waals surface area contributed by atoms with Gasteiger partial charge in [0.25, 0.3) is 0 Å². The van der Waals surface area contributed by atoms with Crippen LogP contribution in [0.15, 0.2) is 181 Å². The van der Waals surface area contributed by atoms with Gasteiger partial charge in [0.15, 0.2) is 0 Å². The summed E-state index contributed by atoms with van der Waals surface area (Å²) in [4.78, 5) is 0. The van der Waals surface area contributed by atoms with E-state index < -0.39 is 0 Å². The Morgan fingerprint density at radius 3 is 0.399 bits per heavy atom. The van der Waals surface area contributed by atoms with Crippen LogP contribution >= 0.6 is 0 Å². The van der Waals surface area contributed by atoms with Crippen molar-refractivity contribution in [2.45, 2.75) is 427 Å². The Kier molecular flexibility index (Phi) is 67.2. The third-order valence-electron chi connectivity index (χ3n) is 25.7. The van der Waals surface area contributed by atoms with E-state index in [2.05, 4.69) is 222 Å². The molecule has 0 aliphatic heterocycles. The van der Waals surface area contributed by atoms with E-state index in [1.54, 1.807) is 0 Å². The fourth-order valence-electron chi connectivity index (χ4n) is 17.1. The lowest BCUT2D eigenvalue weighted by Crippen LogP contribution is -1.97. The lowest BCUT2D eigenvalue weighted by molar-refractivity contribution is 0.304. The normalized spacial score (nSPS) is 10.7. The van der Waals surface area contributed by atoms with Gasteiger partial charge in [0.1, 0.15) is 34.5 Å². The smallest absolute Gasteiger partial charge is 0.119 e. The van der Waals surface area contributed by atoms with Crippen molar-refractivity contribution < 1.29 is 28.4 Å². The highest BCUT2D eigenvalue weighted by atomic mass is 16.5. The second-order valence-electron chi connectivity index (χ2n) is 38.4. The average molecular weight is 1860 g/mol. The van der Waals surface area contributed by atoms with Crippen molar-refractivity contribution in [3.05, 3.63) is 231 Å². The van der Waals surface area contributed by atoms with Gasteiger partial charge in [-0.05, 0) is 237 Å². The van der Waals surface area contributed by atoms with Crippen molar-refractivity contribution in [1.29, 1.82) is 0 Å². The maximum absolute atomic E-state index is 6.32. The molecule has 6 nitrogen and oxygen atoms in total. The Bertz CT molecular complexity index is 3990. The summed E-state index contributed by atoms with van der Waals surface area (Å²) in [6.07, 6.45) is 83.3. The van der Waals surface area contributed by atoms with Gasteiger partial charge in [-0.3, -0.25) is 0 Å². The summed E-state index contributed by atoms with van der Waals surface area (Å²) in [5.41, 5.74) is 9.64. The second kappa shape index (κ2) is 80.7. The molecule has 0 heterocycles. The van der Waals surface area contributed by atoms with Crippen LogP contribution in [0.3, 0.4) is 0 Å². The van der Waals surface area contributed by atoms with Crippen molar-refractivity contribution in [2.24, 2.45) is 0 Å². The second-order valence-corrected chi connectivity index (χ2v) is 38.4. The number of rotatable bonds is 75. The molecule has 6 heteroatoms. The van der Waals surface area contributed by atoms with Crippen LogP contribution in [-0.4, -0.2) is 39.6 Å². The number of hydrogen-bond donors (Lipinski definition) is 0. The molecule has 0 aromatic heterocycles. The standard InChI is InChI=1S/C132H180O6/c1-7-13-19-25-31-37-43-49-55-61-103-133-127-91-79-115(80-92-127)67-73-121(74-68-116-81-93-128(94-82-116)134-104-62-56-50-44-38-32-26-20-14-8-2)109-124-112-125(110-122(75-69-117-83-95-129(96-84-117)135-105-63-57-51-45-39-33-27-21-15-9-3)76-70-118-85-97-130(98-86-118)136-106-64-58-52-46-40-34-28-22-16-10-4)114-126(113-124)111-123(77-71-119-87-99-131(100-88-119)137-107-65-59-53-47-41-35-29-23-17-11-5)78-72-120-89-101-132(102-90-120)138-108-66-60-54-48-42-36-30-24-18-12-6/h79-102,109-114H,7-66,103-108H2,1-6H3. The minimum atomic E-state index is 0.631. The van der Waals surface area contributed by atoms with Crippen LogP contribution in [0, 0.1) is 71.0 Å². The third kappa shape index (κ3) is 59.4. The van der Waals surface area contributed by atoms with Crippen LogP contribution in [-0.2, 0) is 0 Å². The summed E-state index contributed by atoms with van der Waals surface area (Å²) in [5, 5.41) is 0. The molecule has 0 atom stereocenters. The zero-order valence-electron chi connectivity index (χ0n) is 87.4. The molecule has 7 aromatic rings. The average Bonchev–Trinajstić information content (AvgIpc) is 0.834. The Balaban J connectivity index is 1.29. The van der Waals surface area contributed by atoms with Crippen LogP contribution in [0.1, 0.15) is 477 Å². The fraction of sp³-hybridized carbons (Fsp3) is 0.545. The SMILES string of the molecule is CCCCCCCCCCCCOc1ccc(C#CC(C#Cc2ccc(OCCCCCCCCCCCC)cc2)=Cc2cc(C=C(C#Cc3ccc(OCCCCCCCCCCCC)cc3)C#Cc3ccc(OCCCCCCCCCCCC)cc3)cc(C=C(C#Cc3ccc(OCCCCCCCCCCCC)cc3)C#Cc3ccc(OCCCCCCCCCCCC)cc3)c2)cc1. The maximum atomic E-state index is 6.32. The molecule has 0 bridgehead atoms. The molecule has 0 radical (unpaired) electrons. The van der Waals surface area contributed by atoms with Crippen LogP contribution < -0.4 is 28.4 Å². The van der Waals surface area contributed by atoms with Gasteiger partial charge in [-0.15, -0.1) is 0 Å². The molecule has 7 rings (SSSR count). The predicted octanol–water partition coefficient (Wildman–Crippen LogP) is 37.9. The van der Waals surface area contributed by atoms with Gasteiger partial charge in [-0.2, -0.15) is 0 Å². The Hall–Kier alpha value is -10.1. The van der Waals surface area contributed by atoms with Crippen molar-refractivity contribution in [2.75, 3.05) is 39.6 Å². The van der Waals surface area contributed by atoms with Crippen molar-refractivity contribution in [3.8, 4) is 106 Å². The minimum absolute atomic E-state index is 0.631. The first-order valence-electron chi connectivity index (χ1n) is 56.1. The minimum Gasteiger partial charge on any atom is -0.494 e. The zero-order chi connectivity index (χ0) is 97.0. The molecule has 0 N–H and O–H groups in total. The van der Waals surface area contributed by atoms with E-state index >= 15 is 0 Å². The molecular formula is C132H180O6. The van der Waals surface area contributed by atoms with Crippen molar-refractivity contribution >= 4 is 18.2 Å². The molecule has 7 aromatic carbocycles. The first kappa shape index (κ1) is 115. The Morgan fingerprint density at radius 1 is 0.159 bits per heavy atom. The van der Waals surface area contributed by atoms with Crippen LogP contribution in [0.25, 0.3) is 18.2 Å². The van der Waals surface area contributed by atoms with Crippen LogP contribution in [0.4, 0.5) is 0 Å². The lowest BCUT2D eigenvalue weighted by Gasteiger charge is -2.06. The number of allylic oxidation sites excluding steroid dienone is 3. The molecule has 0 fully saturated rings. The summed E-state index contributed by atoms with van der Waals surface area (Å²) in [6, 6.07) is 55.6. The topological polar surface area (TPSA) is 55.4 Å². The van der Waals surface area contributed by atoms with Crippen LogP contribution in [0.5, 0.6) is 34.5 Å².